The summed E-state index contributed by atoms with van der Waals surface area (Å²) in [5.74, 6) is -1.50. The lowest BCUT2D eigenvalue weighted by Gasteiger charge is -2.19. The van der Waals surface area contributed by atoms with Crippen LogP contribution in [0.5, 0.6) is 0 Å². The van der Waals surface area contributed by atoms with Crippen molar-refractivity contribution in [2.75, 3.05) is 18.4 Å². The fourth-order valence-corrected chi connectivity index (χ4v) is 4.03. The van der Waals surface area contributed by atoms with E-state index in [1.165, 1.54) is 19.1 Å². The van der Waals surface area contributed by atoms with Crippen molar-refractivity contribution >= 4 is 39.2 Å². The Morgan fingerprint density at radius 1 is 1.48 bits per heavy atom. The van der Waals surface area contributed by atoms with Crippen LogP contribution in [-0.4, -0.2) is 42.8 Å². The fourth-order valence-electron chi connectivity index (χ4n) is 2.08. The van der Waals surface area contributed by atoms with Gasteiger partial charge in [0.25, 0.3) is 0 Å². The molecule has 2 rings (SSSR count). The number of nitrogens with one attached hydrogen (secondary N) is 1. The van der Waals surface area contributed by atoms with Gasteiger partial charge in [0.1, 0.15) is 11.4 Å². The molecule has 7 nitrogen and oxygen atoms in total. The Kier molecular flexibility index (Phi) is 4.22. The molecular weight excluding hydrogens is 320 g/mol. The normalized spacial score (nSPS) is 14.1. The second kappa shape index (κ2) is 5.63. The summed E-state index contributed by atoms with van der Waals surface area (Å²) in [6.45, 7) is 0.884. The third-order valence-corrected chi connectivity index (χ3v) is 5.45. The second-order valence-electron chi connectivity index (χ2n) is 4.49. The molecule has 0 atom stereocenters. The quantitative estimate of drug-likeness (QED) is 0.834. The van der Waals surface area contributed by atoms with Gasteiger partial charge in [-0.1, -0.05) is 18.5 Å². The minimum atomic E-state index is -4.03. The summed E-state index contributed by atoms with van der Waals surface area (Å²) >= 11 is 5.97. The van der Waals surface area contributed by atoms with Crippen LogP contribution in [0, 0.1) is 0 Å². The molecule has 0 fully saturated rings. The van der Waals surface area contributed by atoms with E-state index in [2.05, 4.69) is 5.32 Å². The number of halogens is 1. The maximum absolute atomic E-state index is 12.5. The molecule has 21 heavy (non-hydrogen) atoms. The van der Waals surface area contributed by atoms with Crippen LogP contribution in [0.15, 0.2) is 17.0 Å². The molecule has 1 aliphatic heterocycles. The number of fused-ring (bicyclic) bond motifs is 1. The maximum atomic E-state index is 12.5. The number of amides is 1. The van der Waals surface area contributed by atoms with Gasteiger partial charge in [-0.3, -0.25) is 9.59 Å². The SMILES string of the molecule is CCN(CC(=O)O)S(=O)(=O)c1cc2c(cc1Cl)NC(=O)C2. The van der Waals surface area contributed by atoms with Crippen molar-refractivity contribution in [2.24, 2.45) is 0 Å². The zero-order chi connectivity index (χ0) is 15.8. The van der Waals surface area contributed by atoms with Crippen molar-refractivity contribution in [1.82, 2.24) is 4.31 Å². The summed E-state index contributed by atoms with van der Waals surface area (Å²) in [4.78, 5) is 21.9. The molecule has 1 aromatic carbocycles. The van der Waals surface area contributed by atoms with E-state index in [4.69, 9.17) is 16.7 Å². The minimum Gasteiger partial charge on any atom is -0.480 e. The highest BCUT2D eigenvalue weighted by Gasteiger charge is 2.30. The van der Waals surface area contributed by atoms with E-state index in [0.717, 1.165) is 4.31 Å². The number of carboxylic acid groups (broad SMARTS) is 1. The van der Waals surface area contributed by atoms with Gasteiger partial charge in [0.2, 0.25) is 15.9 Å². The Labute approximate surface area is 126 Å². The highest BCUT2D eigenvalue weighted by molar-refractivity contribution is 7.89. The van der Waals surface area contributed by atoms with Crippen LogP contribution in [0.2, 0.25) is 5.02 Å². The van der Waals surface area contributed by atoms with Crippen LogP contribution in [0.4, 0.5) is 5.69 Å². The summed E-state index contributed by atoms with van der Waals surface area (Å²) < 4.78 is 25.8. The molecule has 0 saturated heterocycles. The number of carboxylic acids is 1. The maximum Gasteiger partial charge on any atom is 0.318 e. The molecule has 1 aromatic rings. The van der Waals surface area contributed by atoms with Gasteiger partial charge in [-0.25, -0.2) is 8.42 Å². The number of rotatable bonds is 5. The van der Waals surface area contributed by atoms with Gasteiger partial charge >= 0.3 is 5.97 Å². The van der Waals surface area contributed by atoms with Gasteiger partial charge in [-0.15, -0.1) is 0 Å². The molecule has 0 aliphatic carbocycles. The average molecular weight is 333 g/mol. The molecule has 1 aliphatic rings. The molecule has 0 aromatic heterocycles. The summed E-state index contributed by atoms with van der Waals surface area (Å²) in [5.41, 5.74) is 1.000. The van der Waals surface area contributed by atoms with Crippen molar-refractivity contribution in [2.45, 2.75) is 18.2 Å². The van der Waals surface area contributed by atoms with Crippen LogP contribution in [0.1, 0.15) is 12.5 Å². The first-order chi connectivity index (χ1) is 9.75. The Bertz CT molecular complexity index is 717. The van der Waals surface area contributed by atoms with Crippen molar-refractivity contribution in [3.63, 3.8) is 0 Å². The largest absolute Gasteiger partial charge is 0.480 e. The topological polar surface area (TPSA) is 104 Å². The van der Waals surface area contributed by atoms with E-state index in [0.29, 0.717) is 11.3 Å². The van der Waals surface area contributed by atoms with Crippen LogP contribution in [-0.2, 0) is 26.0 Å². The third-order valence-electron chi connectivity index (χ3n) is 3.06. The molecule has 0 unspecified atom stereocenters. The second-order valence-corrected chi connectivity index (χ2v) is 6.80. The number of hydrogen-bond acceptors (Lipinski definition) is 4. The van der Waals surface area contributed by atoms with E-state index in [1.54, 1.807) is 0 Å². The van der Waals surface area contributed by atoms with Gasteiger partial charge in [-0.05, 0) is 17.7 Å². The Balaban J connectivity index is 2.48. The van der Waals surface area contributed by atoms with Crippen molar-refractivity contribution in [3.8, 4) is 0 Å². The molecule has 9 heteroatoms. The van der Waals surface area contributed by atoms with Gasteiger partial charge in [0.15, 0.2) is 0 Å². The monoisotopic (exact) mass is 332 g/mol. The smallest absolute Gasteiger partial charge is 0.318 e. The molecule has 0 spiro atoms. The molecule has 0 radical (unpaired) electrons. The molecule has 0 bridgehead atoms. The van der Waals surface area contributed by atoms with Gasteiger partial charge in [0, 0.05) is 12.2 Å². The molecule has 114 valence electrons. The number of nitrogens with zero attached hydrogens (tertiary/aromatic N) is 1. The van der Waals surface area contributed by atoms with Crippen molar-refractivity contribution in [3.05, 3.63) is 22.7 Å². The van der Waals surface area contributed by atoms with E-state index in [9.17, 15) is 18.0 Å². The number of hydrogen-bond donors (Lipinski definition) is 2. The third kappa shape index (κ3) is 3.02. The number of carbonyl (C=O) groups is 2. The highest BCUT2D eigenvalue weighted by atomic mass is 35.5. The summed E-state index contributed by atoms with van der Waals surface area (Å²) in [5, 5.41) is 11.3. The number of likely N-dealkylation sites (N-methyl/N-ethyl adjacent to an activating group) is 1. The first-order valence-corrected chi connectivity index (χ1v) is 7.91. The summed E-state index contributed by atoms with van der Waals surface area (Å²) in [7, 11) is -4.03. The predicted octanol–water partition coefficient (Wildman–Crippen LogP) is 0.930. The summed E-state index contributed by atoms with van der Waals surface area (Å²) in [6.07, 6.45) is 0.0695. The minimum absolute atomic E-state index is 0.000766. The van der Waals surface area contributed by atoms with Crippen LogP contribution in [0.3, 0.4) is 0 Å². The zero-order valence-corrected chi connectivity index (χ0v) is 12.7. The van der Waals surface area contributed by atoms with Crippen molar-refractivity contribution in [1.29, 1.82) is 0 Å². The van der Waals surface area contributed by atoms with Gasteiger partial charge < -0.3 is 10.4 Å². The van der Waals surface area contributed by atoms with E-state index >= 15 is 0 Å². The number of sulfonamides is 1. The zero-order valence-electron chi connectivity index (χ0n) is 11.1. The molecular formula is C12H13ClN2O5S. The van der Waals surface area contributed by atoms with Gasteiger partial charge in [0.05, 0.1) is 11.4 Å². The molecule has 0 saturated carbocycles. The lowest BCUT2D eigenvalue weighted by Crippen LogP contribution is -2.35. The van der Waals surface area contributed by atoms with E-state index in [1.807, 2.05) is 0 Å². The van der Waals surface area contributed by atoms with E-state index < -0.39 is 22.5 Å². The van der Waals surface area contributed by atoms with Crippen LogP contribution < -0.4 is 5.32 Å². The molecule has 2 N–H and O–H groups in total. The average Bonchev–Trinajstić information content (AvgIpc) is 2.73. The van der Waals surface area contributed by atoms with Gasteiger partial charge in [-0.2, -0.15) is 4.31 Å². The lowest BCUT2D eigenvalue weighted by molar-refractivity contribution is -0.137. The van der Waals surface area contributed by atoms with Crippen LogP contribution in [0.25, 0.3) is 0 Å². The Morgan fingerprint density at radius 2 is 2.14 bits per heavy atom. The predicted molar refractivity (Wildman–Crippen MR) is 75.9 cm³/mol. The first-order valence-electron chi connectivity index (χ1n) is 6.10. The number of benzene rings is 1. The fraction of sp³-hybridized carbons (Fsp3) is 0.333. The van der Waals surface area contributed by atoms with Crippen LogP contribution >= 0.6 is 11.6 Å². The Hall–Kier alpha value is -1.64. The van der Waals surface area contributed by atoms with Crippen molar-refractivity contribution < 1.29 is 23.1 Å². The Morgan fingerprint density at radius 3 is 2.71 bits per heavy atom. The summed E-state index contributed by atoms with van der Waals surface area (Å²) in [6, 6.07) is 2.68. The molecule has 1 amide bonds. The number of aliphatic carboxylic acids is 1. The highest BCUT2D eigenvalue weighted by Crippen LogP contribution is 2.33. The van der Waals surface area contributed by atoms with E-state index in [-0.39, 0.29) is 28.8 Å². The first kappa shape index (κ1) is 15.7. The molecule has 1 heterocycles. The lowest BCUT2D eigenvalue weighted by atomic mass is 10.2. The standard InChI is InChI=1S/C12H13ClN2O5S/c1-2-15(6-12(17)18)21(19,20)10-3-7-4-11(16)14-9(7)5-8(10)13/h3,5H,2,4,6H2,1H3,(H,14,16)(H,17,18). The number of carbonyl (C=O) groups excluding carboxylic acids is 1. The number of anilines is 1.